The van der Waals surface area contributed by atoms with Crippen molar-refractivity contribution >= 4 is 5.97 Å². The number of esters is 1. The second-order valence-corrected chi connectivity index (χ2v) is 2.95. The van der Waals surface area contributed by atoms with Crippen molar-refractivity contribution in [3.05, 3.63) is 17.7 Å². The number of carbonyl (C=O) groups is 1. The second-order valence-electron chi connectivity index (χ2n) is 2.95. The van der Waals surface area contributed by atoms with Gasteiger partial charge in [0.05, 0.1) is 20.8 Å². The fourth-order valence-corrected chi connectivity index (χ4v) is 1.28. The van der Waals surface area contributed by atoms with E-state index in [1.165, 1.54) is 26.4 Å². The van der Waals surface area contributed by atoms with Gasteiger partial charge in [-0.2, -0.15) is 0 Å². The van der Waals surface area contributed by atoms with Gasteiger partial charge >= 0.3 is 5.97 Å². The van der Waals surface area contributed by atoms with Crippen LogP contribution in [0.3, 0.4) is 0 Å². The zero-order valence-electron chi connectivity index (χ0n) is 9.44. The first-order chi connectivity index (χ1) is 7.63. The molecule has 0 bridgehead atoms. The molecular weight excluding hydrogens is 212 g/mol. The topological polar surface area (TPSA) is 65.0 Å². The summed E-state index contributed by atoms with van der Waals surface area (Å²) in [5, 5.41) is 9.61. The third-order valence-corrected chi connectivity index (χ3v) is 1.98. The first-order valence-electron chi connectivity index (χ1n) is 4.76. The minimum absolute atomic E-state index is 0.0826. The van der Waals surface area contributed by atoms with Crippen LogP contribution in [0.25, 0.3) is 0 Å². The van der Waals surface area contributed by atoms with Crippen LogP contribution in [0, 0.1) is 0 Å². The van der Waals surface area contributed by atoms with Crippen LogP contribution < -0.4 is 9.47 Å². The van der Waals surface area contributed by atoms with Gasteiger partial charge in [-0.15, -0.1) is 0 Å². The Bertz CT molecular complexity index is 386. The average molecular weight is 226 g/mol. The van der Waals surface area contributed by atoms with Crippen molar-refractivity contribution in [2.45, 2.75) is 6.92 Å². The van der Waals surface area contributed by atoms with Crippen LogP contribution in [-0.4, -0.2) is 31.9 Å². The molecule has 1 rings (SSSR count). The van der Waals surface area contributed by atoms with Gasteiger partial charge in [-0.25, -0.2) is 4.79 Å². The predicted molar refractivity (Wildman–Crippen MR) is 57.2 cm³/mol. The van der Waals surface area contributed by atoms with Crippen molar-refractivity contribution in [1.82, 2.24) is 0 Å². The minimum Gasteiger partial charge on any atom is -0.504 e. The molecule has 0 aliphatic rings. The lowest BCUT2D eigenvalue weighted by Gasteiger charge is -2.11. The SMILES string of the molecule is CCOC(=O)c1cc(OC)cc(O)c1OC. The third kappa shape index (κ3) is 2.36. The van der Waals surface area contributed by atoms with Crippen LogP contribution in [0.1, 0.15) is 17.3 Å². The molecule has 0 fully saturated rings. The molecule has 16 heavy (non-hydrogen) atoms. The largest absolute Gasteiger partial charge is 0.504 e. The number of methoxy groups -OCH3 is 2. The number of rotatable bonds is 4. The molecule has 0 spiro atoms. The molecule has 0 radical (unpaired) electrons. The van der Waals surface area contributed by atoms with Gasteiger partial charge in [0, 0.05) is 6.07 Å². The van der Waals surface area contributed by atoms with Gasteiger partial charge in [0.15, 0.2) is 11.5 Å². The molecule has 88 valence electrons. The summed E-state index contributed by atoms with van der Waals surface area (Å²) in [4.78, 5) is 11.6. The Labute approximate surface area is 93.6 Å². The molecule has 1 N–H and O–H groups in total. The lowest BCUT2D eigenvalue weighted by Crippen LogP contribution is -2.07. The first kappa shape index (κ1) is 12.2. The van der Waals surface area contributed by atoms with Crippen LogP contribution >= 0.6 is 0 Å². The quantitative estimate of drug-likeness (QED) is 0.790. The lowest BCUT2D eigenvalue weighted by molar-refractivity contribution is 0.0521. The van der Waals surface area contributed by atoms with Crippen LogP contribution in [0.5, 0.6) is 17.2 Å². The number of hydrogen-bond donors (Lipinski definition) is 1. The number of phenols is 1. The van der Waals surface area contributed by atoms with E-state index < -0.39 is 5.97 Å². The Morgan fingerprint density at radius 3 is 2.50 bits per heavy atom. The highest BCUT2D eigenvalue weighted by molar-refractivity contribution is 5.94. The number of carbonyl (C=O) groups excluding carboxylic acids is 1. The van der Waals surface area contributed by atoms with Gasteiger partial charge in [-0.05, 0) is 13.0 Å². The maximum atomic E-state index is 11.6. The van der Waals surface area contributed by atoms with Gasteiger partial charge in [-0.1, -0.05) is 0 Å². The Hall–Kier alpha value is -1.91. The molecule has 0 aliphatic heterocycles. The first-order valence-corrected chi connectivity index (χ1v) is 4.76. The summed E-state index contributed by atoms with van der Waals surface area (Å²) in [5.74, 6) is -0.279. The van der Waals surface area contributed by atoms with E-state index in [1.807, 2.05) is 0 Å². The van der Waals surface area contributed by atoms with Crippen molar-refractivity contribution in [2.75, 3.05) is 20.8 Å². The lowest BCUT2D eigenvalue weighted by atomic mass is 10.1. The van der Waals surface area contributed by atoms with Gasteiger partial charge in [0.2, 0.25) is 0 Å². The molecule has 0 saturated carbocycles. The van der Waals surface area contributed by atoms with E-state index >= 15 is 0 Å². The van der Waals surface area contributed by atoms with E-state index in [4.69, 9.17) is 14.2 Å². The van der Waals surface area contributed by atoms with Crippen LogP contribution in [-0.2, 0) is 4.74 Å². The third-order valence-electron chi connectivity index (χ3n) is 1.98. The van der Waals surface area contributed by atoms with E-state index in [0.717, 1.165) is 0 Å². The van der Waals surface area contributed by atoms with Crippen LogP contribution in [0.4, 0.5) is 0 Å². The van der Waals surface area contributed by atoms with Crippen molar-refractivity contribution in [1.29, 1.82) is 0 Å². The summed E-state index contributed by atoms with van der Waals surface area (Å²) in [5.41, 5.74) is 0.140. The van der Waals surface area contributed by atoms with Crippen molar-refractivity contribution < 1.29 is 24.1 Å². The molecule has 1 aromatic rings. The molecule has 5 nitrogen and oxygen atoms in total. The molecule has 5 heteroatoms. The predicted octanol–water partition coefficient (Wildman–Crippen LogP) is 1.59. The van der Waals surface area contributed by atoms with Crippen LogP contribution in [0.2, 0.25) is 0 Å². The van der Waals surface area contributed by atoms with Crippen LogP contribution in [0.15, 0.2) is 12.1 Å². The van der Waals surface area contributed by atoms with E-state index in [2.05, 4.69) is 0 Å². The summed E-state index contributed by atoms with van der Waals surface area (Å²) >= 11 is 0. The van der Waals surface area contributed by atoms with Gasteiger partial charge in [0.25, 0.3) is 0 Å². The molecule has 0 aliphatic carbocycles. The normalized spacial score (nSPS) is 9.69. The molecule has 0 unspecified atom stereocenters. The maximum Gasteiger partial charge on any atom is 0.342 e. The second kappa shape index (κ2) is 5.25. The van der Waals surface area contributed by atoms with E-state index in [1.54, 1.807) is 6.92 Å². The highest BCUT2D eigenvalue weighted by Crippen LogP contribution is 2.34. The zero-order chi connectivity index (χ0) is 12.1. The average Bonchev–Trinajstić information content (AvgIpc) is 2.28. The van der Waals surface area contributed by atoms with E-state index in [9.17, 15) is 9.90 Å². The fourth-order valence-electron chi connectivity index (χ4n) is 1.28. The van der Waals surface area contributed by atoms with Crippen molar-refractivity contribution in [3.63, 3.8) is 0 Å². The number of aromatic hydroxyl groups is 1. The van der Waals surface area contributed by atoms with Gasteiger partial charge in [0.1, 0.15) is 11.3 Å². The Kier molecular flexibility index (Phi) is 3.99. The summed E-state index contributed by atoms with van der Waals surface area (Å²) in [6, 6.07) is 2.82. The van der Waals surface area contributed by atoms with E-state index in [0.29, 0.717) is 5.75 Å². The molecule has 0 atom stereocenters. The molecule has 0 saturated heterocycles. The minimum atomic E-state index is -0.562. The maximum absolute atomic E-state index is 11.6. The zero-order valence-corrected chi connectivity index (χ0v) is 9.44. The standard InChI is InChI=1S/C11H14O5/c1-4-16-11(13)8-5-7(14-2)6-9(12)10(8)15-3/h5-6,12H,4H2,1-3H3. The van der Waals surface area contributed by atoms with E-state index in [-0.39, 0.29) is 23.7 Å². The molecular formula is C11H14O5. The van der Waals surface area contributed by atoms with Gasteiger partial charge in [-0.3, -0.25) is 0 Å². The Morgan fingerprint density at radius 1 is 1.31 bits per heavy atom. The highest BCUT2D eigenvalue weighted by atomic mass is 16.5. The summed E-state index contributed by atoms with van der Waals surface area (Å²) in [6.45, 7) is 1.95. The summed E-state index contributed by atoms with van der Waals surface area (Å²) in [7, 11) is 2.81. The number of benzene rings is 1. The number of hydrogen-bond acceptors (Lipinski definition) is 5. The molecule has 1 aromatic carbocycles. The highest BCUT2D eigenvalue weighted by Gasteiger charge is 2.18. The smallest absolute Gasteiger partial charge is 0.342 e. The van der Waals surface area contributed by atoms with Gasteiger partial charge < -0.3 is 19.3 Å². The monoisotopic (exact) mass is 226 g/mol. The summed E-state index contributed by atoms with van der Waals surface area (Å²) < 4.78 is 14.7. The fraction of sp³-hybridized carbons (Fsp3) is 0.364. The van der Waals surface area contributed by atoms with Crippen molar-refractivity contribution in [2.24, 2.45) is 0 Å². The Balaban J connectivity index is 3.22. The Morgan fingerprint density at radius 2 is 2.00 bits per heavy atom. The number of ether oxygens (including phenoxy) is 3. The summed E-state index contributed by atoms with van der Waals surface area (Å²) in [6.07, 6.45) is 0. The molecule has 0 heterocycles. The van der Waals surface area contributed by atoms with Crippen molar-refractivity contribution in [3.8, 4) is 17.2 Å². The molecule has 0 amide bonds. The molecule has 0 aromatic heterocycles. The number of phenolic OH excluding ortho intramolecular Hbond substituents is 1.